The predicted molar refractivity (Wildman–Crippen MR) is 66.3 cm³/mol. The van der Waals surface area contributed by atoms with E-state index in [0.717, 1.165) is 0 Å². The molecule has 92 valence electrons. The van der Waals surface area contributed by atoms with Crippen LogP contribution in [0.1, 0.15) is 40.9 Å². The Morgan fingerprint density at radius 2 is 2.06 bits per heavy atom. The van der Waals surface area contributed by atoms with Gasteiger partial charge in [-0.3, -0.25) is 4.79 Å². The van der Waals surface area contributed by atoms with Gasteiger partial charge in [0.15, 0.2) is 11.9 Å². The van der Waals surface area contributed by atoms with Gasteiger partial charge in [0.2, 0.25) is 0 Å². The lowest BCUT2D eigenvalue weighted by Gasteiger charge is -2.15. The monoisotopic (exact) mass is 300 g/mol. The Hall–Kier alpha value is -1.20. The lowest BCUT2D eigenvalue weighted by atomic mass is 9.94. The number of aliphatic hydroxyl groups is 1. The normalized spacial score (nSPS) is 12.2. The molecule has 1 atom stereocenters. The van der Waals surface area contributed by atoms with E-state index in [1.54, 1.807) is 25.1 Å². The van der Waals surface area contributed by atoms with Gasteiger partial charge in [-0.1, -0.05) is 41.1 Å². The molecule has 2 N–H and O–H groups in total. The summed E-state index contributed by atoms with van der Waals surface area (Å²) in [5, 5.41) is 18.9. The van der Waals surface area contributed by atoms with Crippen LogP contribution in [0.15, 0.2) is 18.2 Å². The molecule has 1 unspecified atom stereocenters. The second-order valence-electron chi connectivity index (χ2n) is 3.53. The van der Waals surface area contributed by atoms with E-state index in [0.29, 0.717) is 10.9 Å². The Balaban J connectivity index is 3.40. The smallest absolute Gasteiger partial charge is 0.337 e. The zero-order chi connectivity index (χ0) is 13.0. The number of ketones is 1. The van der Waals surface area contributed by atoms with Crippen molar-refractivity contribution in [1.29, 1.82) is 0 Å². The van der Waals surface area contributed by atoms with Crippen LogP contribution in [-0.4, -0.2) is 22.0 Å². The van der Waals surface area contributed by atoms with Crippen LogP contribution < -0.4 is 0 Å². The number of carboxylic acid groups (broad SMARTS) is 1. The van der Waals surface area contributed by atoms with Crippen LogP contribution in [0.3, 0.4) is 0 Å². The first kappa shape index (κ1) is 13.9. The number of carbonyl (C=O) groups is 2. The van der Waals surface area contributed by atoms with E-state index in [2.05, 4.69) is 15.9 Å². The quantitative estimate of drug-likeness (QED) is 0.646. The van der Waals surface area contributed by atoms with Gasteiger partial charge in [0, 0.05) is 22.9 Å². The summed E-state index contributed by atoms with van der Waals surface area (Å²) < 4.78 is 0. The largest absolute Gasteiger partial charge is 0.479 e. The first-order valence-electron chi connectivity index (χ1n) is 5.14. The van der Waals surface area contributed by atoms with Crippen LogP contribution in [0.5, 0.6) is 0 Å². The Bertz CT molecular complexity index is 442. The minimum atomic E-state index is -1.67. The Labute approximate surface area is 107 Å². The fourth-order valence-electron chi connectivity index (χ4n) is 1.61. The zero-order valence-corrected chi connectivity index (χ0v) is 10.9. The maximum Gasteiger partial charge on any atom is 0.337 e. The van der Waals surface area contributed by atoms with E-state index >= 15 is 0 Å². The minimum Gasteiger partial charge on any atom is -0.479 e. The SMILES string of the molecule is CCC(=O)c1cccc(CBr)c1C(O)C(=O)O. The molecule has 0 radical (unpaired) electrons. The van der Waals surface area contributed by atoms with Gasteiger partial charge in [-0.2, -0.15) is 0 Å². The molecule has 0 heterocycles. The molecule has 0 bridgehead atoms. The van der Waals surface area contributed by atoms with Crippen LogP contribution in [0.25, 0.3) is 0 Å². The first-order valence-corrected chi connectivity index (χ1v) is 6.26. The van der Waals surface area contributed by atoms with Crippen LogP contribution in [0, 0.1) is 0 Å². The number of carbonyl (C=O) groups excluding carboxylic acids is 1. The van der Waals surface area contributed by atoms with Crippen molar-refractivity contribution in [2.45, 2.75) is 24.8 Å². The van der Waals surface area contributed by atoms with E-state index in [-0.39, 0.29) is 23.3 Å². The molecule has 1 aromatic carbocycles. The molecule has 0 aliphatic carbocycles. The third-order valence-corrected chi connectivity index (χ3v) is 3.07. The molecule has 5 heteroatoms. The molecule has 0 aliphatic heterocycles. The average molecular weight is 301 g/mol. The standard InChI is InChI=1S/C12H13BrO4/c1-2-9(14)8-5-3-4-7(6-13)10(8)11(15)12(16)17/h3-5,11,15H,2,6H2,1H3,(H,16,17). The molecule has 0 spiro atoms. The van der Waals surface area contributed by atoms with Crippen LogP contribution in [-0.2, 0) is 10.1 Å². The van der Waals surface area contributed by atoms with Gasteiger partial charge in [0.05, 0.1) is 0 Å². The number of rotatable bonds is 5. The summed E-state index contributed by atoms with van der Waals surface area (Å²) in [4.78, 5) is 22.6. The molecule has 0 aliphatic rings. The third-order valence-electron chi connectivity index (χ3n) is 2.47. The maximum absolute atomic E-state index is 11.7. The van der Waals surface area contributed by atoms with Crippen molar-refractivity contribution < 1.29 is 19.8 Å². The highest BCUT2D eigenvalue weighted by molar-refractivity contribution is 9.08. The summed E-state index contributed by atoms with van der Waals surface area (Å²) >= 11 is 3.22. The number of benzene rings is 1. The van der Waals surface area contributed by atoms with Crippen molar-refractivity contribution in [3.63, 3.8) is 0 Å². The summed E-state index contributed by atoms with van der Waals surface area (Å²) in [5.41, 5.74) is 1.07. The number of alkyl halides is 1. The summed E-state index contributed by atoms with van der Waals surface area (Å²) in [7, 11) is 0. The van der Waals surface area contributed by atoms with Crippen LogP contribution in [0.4, 0.5) is 0 Å². The number of aliphatic hydroxyl groups excluding tert-OH is 1. The van der Waals surface area contributed by atoms with Gasteiger partial charge >= 0.3 is 5.97 Å². The average Bonchev–Trinajstić information content (AvgIpc) is 2.35. The van der Waals surface area contributed by atoms with Crippen molar-refractivity contribution >= 4 is 27.7 Å². The summed E-state index contributed by atoms with van der Waals surface area (Å²) in [6.07, 6.45) is -1.40. The number of hydrogen-bond acceptors (Lipinski definition) is 3. The summed E-state index contributed by atoms with van der Waals surface area (Å²) in [6, 6.07) is 4.90. The van der Waals surface area contributed by atoms with E-state index in [1.165, 1.54) is 0 Å². The van der Waals surface area contributed by atoms with Gasteiger partial charge in [0.25, 0.3) is 0 Å². The van der Waals surface area contributed by atoms with Crippen molar-refractivity contribution in [3.05, 3.63) is 34.9 Å². The molecule has 0 fully saturated rings. The maximum atomic E-state index is 11.7. The second-order valence-corrected chi connectivity index (χ2v) is 4.09. The topological polar surface area (TPSA) is 74.6 Å². The van der Waals surface area contributed by atoms with E-state index in [4.69, 9.17) is 5.11 Å². The summed E-state index contributed by atoms with van der Waals surface area (Å²) in [6.45, 7) is 1.69. The molecule has 0 saturated carbocycles. The van der Waals surface area contributed by atoms with E-state index in [1.807, 2.05) is 0 Å². The van der Waals surface area contributed by atoms with Crippen LogP contribution in [0.2, 0.25) is 0 Å². The lowest BCUT2D eigenvalue weighted by molar-refractivity contribution is -0.147. The third kappa shape index (κ3) is 2.92. The number of Topliss-reactive ketones (excluding diaryl/α,β-unsaturated/α-hetero) is 1. The van der Waals surface area contributed by atoms with Gasteiger partial charge in [-0.25, -0.2) is 4.79 Å². The molecule has 1 aromatic rings. The van der Waals surface area contributed by atoms with E-state index < -0.39 is 12.1 Å². The van der Waals surface area contributed by atoms with Gasteiger partial charge in [0.1, 0.15) is 0 Å². The molecule has 0 aromatic heterocycles. The van der Waals surface area contributed by atoms with Crippen molar-refractivity contribution in [2.75, 3.05) is 0 Å². The predicted octanol–water partition coefficient (Wildman–Crippen LogP) is 2.29. The number of halogens is 1. The Kier molecular flexibility index (Phi) is 4.84. The van der Waals surface area contributed by atoms with Gasteiger partial charge in [-0.15, -0.1) is 0 Å². The zero-order valence-electron chi connectivity index (χ0n) is 9.31. The highest BCUT2D eigenvalue weighted by Gasteiger charge is 2.24. The molecule has 4 nitrogen and oxygen atoms in total. The minimum absolute atomic E-state index is 0.178. The first-order chi connectivity index (χ1) is 8.02. The van der Waals surface area contributed by atoms with Crippen LogP contribution >= 0.6 is 15.9 Å². The molecule has 0 saturated heterocycles. The number of hydrogen-bond donors (Lipinski definition) is 2. The lowest BCUT2D eigenvalue weighted by Crippen LogP contribution is -2.17. The second kappa shape index (κ2) is 5.93. The van der Waals surface area contributed by atoms with E-state index in [9.17, 15) is 14.7 Å². The summed E-state index contributed by atoms with van der Waals surface area (Å²) in [5.74, 6) is -1.54. The molecule has 17 heavy (non-hydrogen) atoms. The Morgan fingerprint density at radius 3 is 2.53 bits per heavy atom. The highest BCUT2D eigenvalue weighted by Crippen LogP contribution is 2.26. The Morgan fingerprint density at radius 1 is 1.41 bits per heavy atom. The molecular formula is C12H13BrO4. The molecular weight excluding hydrogens is 288 g/mol. The van der Waals surface area contributed by atoms with Gasteiger partial charge in [-0.05, 0) is 5.56 Å². The number of aliphatic carboxylic acids is 1. The molecule has 0 amide bonds. The fraction of sp³-hybridized carbons (Fsp3) is 0.333. The van der Waals surface area contributed by atoms with Crippen molar-refractivity contribution in [1.82, 2.24) is 0 Å². The molecule has 1 rings (SSSR count). The number of carboxylic acids is 1. The fourth-order valence-corrected chi connectivity index (χ4v) is 2.10. The van der Waals surface area contributed by atoms with Crippen molar-refractivity contribution in [2.24, 2.45) is 0 Å². The van der Waals surface area contributed by atoms with Crippen molar-refractivity contribution in [3.8, 4) is 0 Å². The highest BCUT2D eigenvalue weighted by atomic mass is 79.9. The van der Waals surface area contributed by atoms with Gasteiger partial charge < -0.3 is 10.2 Å².